The number of unbranched alkanes of at least 4 members (excludes halogenated alkanes) is 1. The average molecular weight is 266 g/mol. The molecule has 4 nitrogen and oxygen atoms in total. The molecular formula is C14H19FN2O2. The van der Waals surface area contributed by atoms with Gasteiger partial charge in [0.15, 0.2) is 0 Å². The Morgan fingerprint density at radius 1 is 1.32 bits per heavy atom. The van der Waals surface area contributed by atoms with Crippen LogP contribution in [0, 0.1) is 5.82 Å². The van der Waals surface area contributed by atoms with Crippen molar-refractivity contribution >= 4 is 17.3 Å². The fourth-order valence-corrected chi connectivity index (χ4v) is 2.39. The van der Waals surface area contributed by atoms with Crippen LogP contribution in [0.3, 0.4) is 0 Å². The van der Waals surface area contributed by atoms with Gasteiger partial charge in [0.25, 0.3) is 0 Å². The first-order valence-electron chi connectivity index (χ1n) is 6.55. The summed E-state index contributed by atoms with van der Waals surface area (Å²) >= 11 is 0. The van der Waals surface area contributed by atoms with Crippen molar-refractivity contribution in [2.45, 2.75) is 19.3 Å². The van der Waals surface area contributed by atoms with Crippen molar-refractivity contribution in [1.29, 1.82) is 0 Å². The molecule has 0 unspecified atom stereocenters. The van der Waals surface area contributed by atoms with Crippen LogP contribution in [0.25, 0.3) is 0 Å². The molecule has 2 rings (SSSR count). The number of aliphatic carboxylic acids is 1. The summed E-state index contributed by atoms with van der Waals surface area (Å²) in [7, 11) is 1.96. The largest absolute Gasteiger partial charge is 0.481 e. The molecule has 1 N–H and O–H groups in total. The molecular weight excluding hydrogens is 247 g/mol. The van der Waals surface area contributed by atoms with E-state index in [0.717, 1.165) is 37.4 Å². The summed E-state index contributed by atoms with van der Waals surface area (Å²) in [6, 6.07) is 4.83. The molecule has 19 heavy (non-hydrogen) atoms. The summed E-state index contributed by atoms with van der Waals surface area (Å²) in [5, 5.41) is 8.61. The Morgan fingerprint density at radius 2 is 2.11 bits per heavy atom. The maximum atomic E-state index is 13.3. The van der Waals surface area contributed by atoms with Crippen LogP contribution in [-0.2, 0) is 4.79 Å². The number of rotatable bonds is 5. The highest BCUT2D eigenvalue weighted by Crippen LogP contribution is 2.32. The van der Waals surface area contributed by atoms with Gasteiger partial charge >= 0.3 is 5.97 Å². The molecule has 0 spiro atoms. The molecule has 1 aromatic rings. The van der Waals surface area contributed by atoms with Crippen molar-refractivity contribution in [3.8, 4) is 0 Å². The topological polar surface area (TPSA) is 43.8 Å². The predicted molar refractivity (Wildman–Crippen MR) is 73.4 cm³/mol. The maximum absolute atomic E-state index is 13.3. The van der Waals surface area contributed by atoms with E-state index in [1.54, 1.807) is 12.1 Å². The summed E-state index contributed by atoms with van der Waals surface area (Å²) in [6.45, 7) is 2.57. The van der Waals surface area contributed by atoms with E-state index in [0.29, 0.717) is 6.42 Å². The predicted octanol–water partition coefficient (Wildman–Crippen LogP) is 2.34. The zero-order valence-corrected chi connectivity index (χ0v) is 11.1. The minimum atomic E-state index is -0.749. The van der Waals surface area contributed by atoms with E-state index in [2.05, 4.69) is 4.90 Å². The van der Waals surface area contributed by atoms with Gasteiger partial charge in [-0.1, -0.05) is 0 Å². The van der Waals surface area contributed by atoms with Gasteiger partial charge < -0.3 is 14.9 Å². The number of likely N-dealkylation sites (N-methyl/N-ethyl adjacent to an activating group) is 1. The molecule has 0 bridgehead atoms. The number of anilines is 2. The van der Waals surface area contributed by atoms with E-state index in [4.69, 9.17) is 5.11 Å². The van der Waals surface area contributed by atoms with Crippen molar-refractivity contribution in [2.24, 2.45) is 0 Å². The minimum Gasteiger partial charge on any atom is -0.481 e. The molecule has 1 aromatic carbocycles. The number of benzene rings is 1. The number of halogens is 1. The van der Waals surface area contributed by atoms with E-state index in [1.165, 1.54) is 6.07 Å². The summed E-state index contributed by atoms with van der Waals surface area (Å²) in [6.07, 6.45) is 1.73. The number of carboxylic acid groups (broad SMARTS) is 1. The smallest absolute Gasteiger partial charge is 0.303 e. The highest BCUT2D eigenvalue weighted by molar-refractivity contribution is 5.73. The lowest BCUT2D eigenvalue weighted by molar-refractivity contribution is -0.137. The zero-order valence-electron chi connectivity index (χ0n) is 11.1. The van der Waals surface area contributed by atoms with E-state index in [-0.39, 0.29) is 12.2 Å². The number of hydrogen-bond donors (Lipinski definition) is 1. The molecule has 0 aromatic heterocycles. The summed E-state index contributed by atoms with van der Waals surface area (Å²) < 4.78 is 13.3. The SMILES string of the molecule is CN1CCN(CCCCC(=O)O)c2ccc(F)cc21. The number of carbonyl (C=O) groups is 1. The van der Waals surface area contributed by atoms with E-state index >= 15 is 0 Å². The Hall–Kier alpha value is -1.78. The molecule has 0 fully saturated rings. The Morgan fingerprint density at radius 3 is 2.84 bits per heavy atom. The number of nitrogens with zero attached hydrogens (tertiary/aromatic N) is 2. The fourth-order valence-electron chi connectivity index (χ4n) is 2.39. The summed E-state index contributed by atoms with van der Waals surface area (Å²) in [4.78, 5) is 14.7. The Balaban J connectivity index is 2.00. The maximum Gasteiger partial charge on any atom is 0.303 e. The van der Waals surface area contributed by atoms with Gasteiger partial charge in [0, 0.05) is 33.1 Å². The van der Waals surface area contributed by atoms with Crippen LogP contribution in [0.4, 0.5) is 15.8 Å². The first-order chi connectivity index (χ1) is 9.08. The van der Waals surface area contributed by atoms with E-state index in [1.807, 2.05) is 11.9 Å². The monoisotopic (exact) mass is 266 g/mol. The second kappa shape index (κ2) is 5.91. The Bertz CT molecular complexity index is 465. The van der Waals surface area contributed by atoms with Crippen molar-refractivity contribution < 1.29 is 14.3 Å². The van der Waals surface area contributed by atoms with Gasteiger partial charge in [-0.3, -0.25) is 4.79 Å². The normalized spacial score (nSPS) is 14.4. The average Bonchev–Trinajstić information content (AvgIpc) is 2.37. The van der Waals surface area contributed by atoms with Gasteiger partial charge in [0.05, 0.1) is 11.4 Å². The molecule has 1 aliphatic rings. The standard InChI is InChI=1S/C14H19FN2O2/c1-16-8-9-17(7-3-2-4-14(18)19)12-6-5-11(15)10-13(12)16/h5-6,10H,2-4,7-9H2,1H3,(H,18,19). The second-order valence-electron chi connectivity index (χ2n) is 4.89. The number of hydrogen-bond acceptors (Lipinski definition) is 3. The molecule has 104 valence electrons. The molecule has 5 heteroatoms. The van der Waals surface area contributed by atoms with Crippen LogP contribution < -0.4 is 9.80 Å². The Labute approximate surface area is 112 Å². The number of fused-ring (bicyclic) bond motifs is 1. The second-order valence-corrected chi connectivity index (χ2v) is 4.89. The fraction of sp³-hybridized carbons (Fsp3) is 0.500. The van der Waals surface area contributed by atoms with Crippen LogP contribution in [0.1, 0.15) is 19.3 Å². The van der Waals surface area contributed by atoms with Gasteiger partial charge in [-0.15, -0.1) is 0 Å². The van der Waals surface area contributed by atoms with Gasteiger partial charge in [-0.2, -0.15) is 0 Å². The highest BCUT2D eigenvalue weighted by Gasteiger charge is 2.20. The molecule has 0 aliphatic carbocycles. The van der Waals surface area contributed by atoms with Gasteiger partial charge in [0.1, 0.15) is 5.82 Å². The van der Waals surface area contributed by atoms with Crippen LogP contribution in [0.2, 0.25) is 0 Å². The summed E-state index contributed by atoms with van der Waals surface area (Å²) in [5.74, 6) is -0.973. The molecule has 1 heterocycles. The van der Waals surface area contributed by atoms with E-state index < -0.39 is 5.97 Å². The van der Waals surface area contributed by atoms with Gasteiger partial charge in [0.2, 0.25) is 0 Å². The molecule has 0 atom stereocenters. The van der Waals surface area contributed by atoms with Gasteiger partial charge in [-0.25, -0.2) is 4.39 Å². The third-order valence-electron chi connectivity index (χ3n) is 3.46. The molecule has 1 aliphatic heterocycles. The van der Waals surface area contributed by atoms with Gasteiger partial charge in [-0.05, 0) is 31.0 Å². The molecule has 0 amide bonds. The first kappa shape index (κ1) is 13.6. The first-order valence-corrected chi connectivity index (χ1v) is 6.55. The molecule has 0 saturated heterocycles. The van der Waals surface area contributed by atoms with Crippen LogP contribution >= 0.6 is 0 Å². The minimum absolute atomic E-state index is 0.212. The van der Waals surface area contributed by atoms with Crippen molar-refractivity contribution in [3.63, 3.8) is 0 Å². The third kappa shape index (κ3) is 3.36. The lowest BCUT2D eigenvalue weighted by Crippen LogP contribution is -2.39. The quantitative estimate of drug-likeness (QED) is 0.831. The van der Waals surface area contributed by atoms with Crippen molar-refractivity contribution in [1.82, 2.24) is 0 Å². The zero-order chi connectivity index (χ0) is 13.8. The lowest BCUT2D eigenvalue weighted by Gasteiger charge is -2.37. The van der Waals surface area contributed by atoms with Crippen molar-refractivity contribution in [3.05, 3.63) is 24.0 Å². The van der Waals surface area contributed by atoms with Crippen LogP contribution in [0.5, 0.6) is 0 Å². The van der Waals surface area contributed by atoms with Crippen LogP contribution in [-0.4, -0.2) is 37.8 Å². The molecule has 0 radical (unpaired) electrons. The van der Waals surface area contributed by atoms with E-state index in [9.17, 15) is 9.18 Å². The van der Waals surface area contributed by atoms with Crippen molar-refractivity contribution in [2.75, 3.05) is 36.5 Å². The van der Waals surface area contributed by atoms with Crippen LogP contribution in [0.15, 0.2) is 18.2 Å². The Kier molecular flexibility index (Phi) is 4.24. The third-order valence-corrected chi connectivity index (χ3v) is 3.46. The molecule has 0 saturated carbocycles. The summed E-state index contributed by atoms with van der Waals surface area (Å²) in [5.41, 5.74) is 1.94. The number of carboxylic acids is 1. The highest BCUT2D eigenvalue weighted by atomic mass is 19.1. The lowest BCUT2D eigenvalue weighted by atomic mass is 10.1.